The van der Waals surface area contributed by atoms with E-state index in [1.807, 2.05) is 6.92 Å². The van der Waals surface area contributed by atoms with Crippen LogP contribution in [0, 0.1) is 0 Å². The lowest BCUT2D eigenvalue weighted by Crippen LogP contribution is -2.45. The minimum absolute atomic E-state index is 0.329. The van der Waals surface area contributed by atoms with E-state index in [1.54, 1.807) is 0 Å². The molecule has 0 aliphatic carbocycles. The molecule has 0 radical (unpaired) electrons. The number of hydrogen-bond donors (Lipinski definition) is 4. The topological polar surface area (TPSA) is 24.1 Å². The van der Waals surface area contributed by atoms with Gasteiger partial charge in [0.05, 0.1) is 0 Å². The van der Waals surface area contributed by atoms with Gasteiger partial charge < -0.3 is 10.6 Å². The van der Waals surface area contributed by atoms with E-state index in [9.17, 15) is 0 Å². The summed E-state index contributed by atoms with van der Waals surface area (Å²) in [4.78, 5) is 0. The Bertz CT molecular complexity index is 957. The Hall–Kier alpha value is -1.60. The van der Waals surface area contributed by atoms with Gasteiger partial charge in [-0.15, -0.1) is 25.3 Å². The molecule has 0 fully saturated rings. The van der Waals surface area contributed by atoms with Crippen LogP contribution >= 0.6 is 49.7 Å². The largest absolute Gasteiger partial charge is 0.347 e. The van der Waals surface area contributed by atoms with E-state index in [-0.39, 0.29) is 6.17 Å². The first kappa shape index (κ1) is 19.2. The molecule has 0 spiro atoms. The number of hydrogen-bond acceptors (Lipinski definition) is 2. The van der Waals surface area contributed by atoms with Crippen molar-refractivity contribution in [1.29, 1.82) is 0 Å². The van der Waals surface area contributed by atoms with Crippen LogP contribution < -0.4 is 10.6 Å². The average Bonchev–Trinajstić information content (AvgIpc) is 2.60. The summed E-state index contributed by atoms with van der Waals surface area (Å²) in [5.41, 5.74) is 2.17. The number of benzene rings is 3. The molecule has 132 valence electrons. The van der Waals surface area contributed by atoms with Crippen molar-refractivity contribution >= 4 is 85.5 Å². The Balaban J connectivity index is 2.31. The van der Waals surface area contributed by atoms with Crippen LogP contribution in [-0.4, -0.2) is 14.8 Å². The van der Waals surface area contributed by atoms with Gasteiger partial charge >= 0.3 is 0 Å². The molecule has 0 heterocycles. The fourth-order valence-corrected chi connectivity index (χ4v) is 3.71. The van der Waals surface area contributed by atoms with Gasteiger partial charge in [0.15, 0.2) is 0 Å². The maximum atomic E-state index is 5.15. The molecule has 0 atom stereocenters. The van der Waals surface area contributed by atoms with E-state index in [2.05, 4.69) is 96.6 Å². The van der Waals surface area contributed by atoms with Crippen molar-refractivity contribution in [3.8, 4) is 0 Å². The van der Waals surface area contributed by atoms with Gasteiger partial charge in [-0.25, -0.2) is 0 Å². The van der Waals surface area contributed by atoms with Crippen molar-refractivity contribution < 1.29 is 0 Å². The van der Waals surface area contributed by atoms with Gasteiger partial charge in [-0.05, 0) is 45.7 Å². The Morgan fingerprint density at radius 3 is 1.77 bits per heavy atom. The minimum Gasteiger partial charge on any atom is -0.347 e. The summed E-state index contributed by atoms with van der Waals surface area (Å²) in [7, 11) is 0. The standard InChI is InChI=1S/C20H18N2S4/c1-2-14(18(21-19(23)24)22-20(25)26)17-15-9-5-3-7-12(15)11-13-8-4-6-10-16(13)17/h2-11,18H,1H3,(H2,21,23,24)(H2,22,25,26). The van der Waals surface area contributed by atoms with Crippen LogP contribution in [-0.2, 0) is 0 Å². The zero-order chi connectivity index (χ0) is 18.7. The molecule has 3 aromatic rings. The second kappa shape index (κ2) is 8.39. The smallest absolute Gasteiger partial charge is 0.132 e. The van der Waals surface area contributed by atoms with E-state index in [0.717, 1.165) is 11.1 Å². The second-order valence-corrected chi connectivity index (χ2v) is 8.09. The third-order valence-electron chi connectivity index (χ3n) is 4.22. The van der Waals surface area contributed by atoms with E-state index < -0.39 is 0 Å². The molecular formula is C20H18N2S4. The highest BCUT2D eigenvalue weighted by Crippen LogP contribution is 2.34. The van der Waals surface area contributed by atoms with E-state index in [0.29, 0.717) is 8.64 Å². The van der Waals surface area contributed by atoms with Gasteiger partial charge in [-0.3, -0.25) is 0 Å². The number of thiocarbonyl (C=S) groups is 2. The van der Waals surface area contributed by atoms with Crippen LogP contribution in [0.5, 0.6) is 0 Å². The predicted molar refractivity (Wildman–Crippen MR) is 128 cm³/mol. The number of thiol groups is 2. The second-order valence-electron chi connectivity index (χ2n) is 5.77. The molecular weight excluding hydrogens is 397 g/mol. The maximum Gasteiger partial charge on any atom is 0.132 e. The van der Waals surface area contributed by atoms with E-state index in [4.69, 9.17) is 24.4 Å². The van der Waals surface area contributed by atoms with Crippen molar-refractivity contribution in [1.82, 2.24) is 10.6 Å². The van der Waals surface area contributed by atoms with Crippen LogP contribution in [0.3, 0.4) is 0 Å². The van der Waals surface area contributed by atoms with Gasteiger partial charge in [0.25, 0.3) is 0 Å². The van der Waals surface area contributed by atoms with E-state index in [1.165, 1.54) is 21.5 Å². The summed E-state index contributed by atoms with van der Waals surface area (Å²) < 4.78 is 0.770. The van der Waals surface area contributed by atoms with Crippen LogP contribution in [0.25, 0.3) is 27.1 Å². The lowest BCUT2D eigenvalue weighted by atomic mass is 9.90. The zero-order valence-electron chi connectivity index (χ0n) is 14.1. The molecule has 0 saturated carbocycles. The monoisotopic (exact) mass is 414 g/mol. The summed E-state index contributed by atoms with van der Waals surface area (Å²) in [5.74, 6) is 0. The van der Waals surface area contributed by atoms with Crippen LogP contribution in [0.15, 0.2) is 60.7 Å². The Labute approximate surface area is 174 Å². The molecule has 0 amide bonds. The van der Waals surface area contributed by atoms with Crippen molar-refractivity contribution in [3.05, 3.63) is 66.2 Å². The highest BCUT2D eigenvalue weighted by atomic mass is 32.1. The lowest BCUT2D eigenvalue weighted by molar-refractivity contribution is 0.726. The molecule has 3 rings (SSSR count). The molecule has 0 saturated heterocycles. The fourth-order valence-electron chi connectivity index (χ4n) is 3.22. The summed E-state index contributed by atoms with van der Waals surface area (Å²) in [5, 5.41) is 11.0. The molecule has 0 aliphatic heterocycles. The summed E-state index contributed by atoms with van der Waals surface area (Å²) in [6, 6.07) is 18.9. The summed E-state index contributed by atoms with van der Waals surface area (Å²) >= 11 is 18.8. The average molecular weight is 415 g/mol. The van der Waals surface area contributed by atoms with Crippen molar-refractivity contribution in [2.24, 2.45) is 0 Å². The Morgan fingerprint density at radius 1 is 0.885 bits per heavy atom. The third-order valence-corrected chi connectivity index (χ3v) is 4.71. The molecule has 3 aromatic carbocycles. The van der Waals surface area contributed by atoms with Gasteiger partial charge in [-0.2, -0.15) is 0 Å². The summed E-state index contributed by atoms with van der Waals surface area (Å²) in [6.07, 6.45) is 1.74. The molecule has 6 heteroatoms. The zero-order valence-corrected chi connectivity index (χ0v) is 17.5. The summed E-state index contributed by atoms with van der Waals surface area (Å²) in [6.45, 7) is 2.01. The molecule has 2 N–H and O–H groups in total. The lowest BCUT2D eigenvalue weighted by Gasteiger charge is -2.25. The molecule has 0 aromatic heterocycles. The predicted octanol–water partition coefficient (Wildman–Crippen LogP) is 5.33. The molecule has 26 heavy (non-hydrogen) atoms. The first-order valence-electron chi connectivity index (χ1n) is 8.07. The van der Waals surface area contributed by atoms with Gasteiger partial charge in [0.2, 0.25) is 0 Å². The number of rotatable bonds is 4. The highest BCUT2D eigenvalue weighted by molar-refractivity contribution is 8.11. The van der Waals surface area contributed by atoms with Crippen LogP contribution in [0.2, 0.25) is 0 Å². The van der Waals surface area contributed by atoms with Crippen molar-refractivity contribution in [2.75, 3.05) is 0 Å². The minimum atomic E-state index is -0.329. The number of fused-ring (bicyclic) bond motifs is 2. The molecule has 0 bridgehead atoms. The molecule has 2 nitrogen and oxygen atoms in total. The SMILES string of the molecule is CC=C(c1c2ccccc2cc2ccccc12)C(NC(=S)S)NC(=S)S. The maximum absolute atomic E-state index is 5.15. The van der Waals surface area contributed by atoms with Gasteiger partial charge in [0, 0.05) is 0 Å². The quantitative estimate of drug-likeness (QED) is 0.201. The Morgan fingerprint density at radius 2 is 1.35 bits per heavy atom. The molecule has 0 unspecified atom stereocenters. The fraction of sp³-hybridized carbons (Fsp3) is 0.100. The van der Waals surface area contributed by atoms with Gasteiger partial charge in [-0.1, -0.05) is 79.0 Å². The first-order chi connectivity index (χ1) is 12.5. The van der Waals surface area contributed by atoms with E-state index >= 15 is 0 Å². The Kier molecular flexibility index (Phi) is 6.19. The number of nitrogens with one attached hydrogen (secondary N) is 2. The van der Waals surface area contributed by atoms with Crippen LogP contribution in [0.1, 0.15) is 12.5 Å². The van der Waals surface area contributed by atoms with Crippen LogP contribution in [0.4, 0.5) is 0 Å². The van der Waals surface area contributed by atoms with Crippen molar-refractivity contribution in [3.63, 3.8) is 0 Å². The third kappa shape index (κ3) is 4.04. The molecule has 0 aliphatic rings. The van der Waals surface area contributed by atoms with Crippen molar-refractivity contribution in [2.45, 2.75) is 13.1 Å². The highest BCUT2D eigenvalue weighted by Gasteiger charge is 2.20. The van der Waals surface area contributed by atoms with Gasteiger partial charge in [0.1, 0.15) is 14.8 Å². The number of allylic oxidation sites excluding steroid dienone is 1. The normalized spacial score (nSPS) is 11.8. The first-order valence-corrected chi connectivity index (χ1v) is 9.78.